The maximum atomic E-state index is 3.85. The van der Waals surface area contributed by atoms with Gasteiger partial charge in [-0.05, 0) is 70.9 Å². The van der Waals surface area contributed by atoms with Crippen LogP contribution in [0.5, 0.6) is 0 Å². The van der Waals surface area contributed by atoms with Crippen molar-refractivity contribution in [3.05, 3.63) is 58.7 Å². The van der Waals surface area contributed by atoms with E-state index in [0.717, 1.165) is 0 Å². The Kier molecular flexibility index (Phi) is 4.72. The number of hydrogen-bond acceptors (Lipinski definition) is 2. The summed E-state index contributed by atoms with van der Waals surface area (Å²) in [5, 5.41) is 7.70. The number of rotatable bonds is 1. The van der Waals surface area contributed by atoms with E-state index in [2.05, 4.69) is 88.6 Å². The molecule has 0 amide bonds. The molecule has 0 unspecified atom stereocenters. The molecule has 2 aliphatic heterocycles. The number of anilines is 2. The maximum absolute atomic E-state index is 3.85. The molecule has 2 heterocycles. The molecule has 0 saturated carbocycles. The lowest BCUT2D eigenvalue weighted by atomic mass is 9.82. The van der Waals surface area contributed by atoms with Crippen LogP contribution in [-0.4, -0.2) is 12.1 Å². The molecule has 2 nitrogen and oxygen atoms in total. The molecular weight excluding hydrogens is 340 g/mol. The van der Waals surface area contributed by atoms with Gasteiger partial charge in [0.15, 0.2) is 0 Å². The van der Waals surface area contributed by atoms with E-state index in [1.165, 1.54) is 59.3 Å². The van der Waals surface area contributed by atoms with Gasteiger partial charge in [-0.25, -0.2) is 0 Å². The van der Waals surface area contributed by atoms with Crippen LogP contribution in [0, 0.1) is 0 Å². The van der Waals surface area contributed by atoms with Crippen LogP contribution in [0.3, 0.4) is 0 Å². The third-order valence-corrected chi connectivity index (χ3v) is 6.56. The largest absolute Gasteiger partial charge is 0.380 e. The van der Waals surface area contributed by atoms with Crippen LogP contribution in [0.15, 0.2) is 36.4 Å². The first-order valence-corrected chi connectivity index (χ1v) is 10.9. The predicted octanol–water partition coefficient (Wildman–Crippen LogP) is 6.44. The third-order valence-electron chi connectivity index (χ3n) is 6.56. The normalized spacial score (nSPS) is 21.9. The van der Waals surface area contributed by atoms with Crippen molar-refractivity contribution in [1.29, 1.82) is 0 Å². The van der Waals surface area contributed by atoms with Gasteiger partial charge in [-0.15, -0.1) is 0 Å². The Balaban J connectivity index is 1.49. The second-order valence-corrected chi connectivity index (χ2v) is 10.8. The summed E-state index contributed by atoms with van der Waals surface area (Å²) < 4.78 is 0. The lowest BCUT2D eigenvalue weighted by molar-refractivity contribution is 0.499. The minimum absolute atomic E-state index is 0.215. The van der Waals surface area contributed by atoms with Gasteiger partial charge in [-0.1, -0.05) is 65.8 Å². The fourth-order valence-corrected chi connectivity index (χ4v) is 4.59. The van der Waals surface area contributed by atoms with Gasteiger partial charge >= 0.3 is 0 Å². The Morgan fingerprint density at radius 3 is 1.39 bits per heavy atom. The summed E-state index contributed by atoms with van der Waals surface area (Å²) in [5.74, 6) is 0. The van der Waals surface area contributed by atoms with Crippen LogP contribution >= 0.6 is 0 Å². The maximum Gasteiger partial charge on any atom is 0.0466 e. The average molecular weight is 377 g/mol. The molecule has 2 aromatic rings. The van der Waals surface area contributed by atoms with E-state index >= 15 is 0 Å². The zero-order chi connectivity index (χ0) is 20.1. The number of fused-ring (bicyclic) bond motifs is 2. The standard InChI is InChI=1S/C26H36N2/c1-25(2,3)19-9-13-21-17(15-19)7-11-23(27-21)24-12-8-18-16-20(26(4,5)6)10-14-22(18)28-24/h9-10,13-16,23-24,27-28H,7-8,11-12H2,1-6H3/t23-,24-/m0/s1. The molecule has 0 bridgehead atoms. The molecule has 0 aromatic heterocycles. The van der Waals surface area contributed by atoms with Crippen molar-refractivity contribution in [2.45, 2.75) is 90.1 Å². The molecule has 2 aliphatic rings. The first-order valence-electron chi connectivity index (χ1n) is 10.9. The lowest BCUT2D eigenvalue weighted by Gasteiger charge is -2.38. The fourth-order valence-electron chi connectivity index (χ4n) is 4.59. The van der Waals surface area contributed by atoms with Gasteiger partial charge in [-0.2, -0.15) is 0 Å². The lowest BCUT2D eigenvalue weighted by Crippen LogP contribution is -2.43. The van der Waals surface area contributed by atoms with Gasteiger partial charge in [0.25, 0.3) is 0 Å². The molecule has 28 heavy (non-hydrogen) atoms. The highest BCUT2D eigenvalue weighted by Crippen LogP contribution is 2.35. The monoisotopic (exact) mass is 376 g/mol. The Morgan fingerprint density at radius 1 is 0.643 bits per heavy atom. The SMILES string of the molecule is CC(C)(C)c1ccc2c(c1)CC[C@@H]([C@@H]1CCc3cc(C(C)(C)C)ccc3N1)N2. The molecule has 2 atom stereocenters. The van der Waals surface area contributed by atoms with Gasteiger partial charge in [0.2, 0.25) is 0 Å². The molecule has 0 aliphatic carbocycles. The van der Waals surface area contributed by atoms with Crippen molar-refractivity contribution in [2.24, 2.45) is 0 Å². The van der Waals surface area contributed by atoms with Gasteiger partial charge in [0, 0.05) is 23.5 Å². The van der Waals surface area contributed by atoms with E-state index in [1.54, 1.807) is 0 Å². The minimum Gasteiger partial charge on any atom is -0.380 e. The topological polar surface area (TPSA) is 24.1 Å². The first-order chi connectivity index (χ1) is 13.1. The van der Waals surface area contributed by atoms with Gasteiger partial charge < -0.3 is 10.6 Å². The summed E-state index contributed by atoms with van der Waals surface area (Å²) in [5.41, 5.74) is 8.93. The van der Waals surface area contributed by atoms with Crippen LogP contribution in [-0.2, 0) is 23.7 Å². The Labute approximate surface area is 171 Å². The summed E-state index contributed by atoms with van der Waals surface area (Å²) >= 11 is 0. The fraction of sp³-hybridized carbons (Fsp3) is 0.538. The second-order valence-electron chi connectivity index (χ2n) is 10.8. The van der Waals surface area contributed by atoms with Crippen molar-refractivity contribution in [3.8, 4) is 0 Å². The smallest absolute Gasteiger partial charge is 0.0466 e. The van der Waals surface area contributed by atoms with Crippen molar-refractivity contribution >= 4 is 11.4 Å². The Bertz CT molecular complexity index is 793. The predicted molar refractivity (Wildman–Crippen MR) is 122 cm³/mol. The van der Waals surface area contributed by atoms with E-state index in [0.29, 0.717) is 12.1 Å². The van der Waals surface area contributed by atoms with Crippen molar-refractivity contribution in [3.63, 3.8) is 0 Å². The zero-order valence-electron chi connectivity index (χ0n) is 18.4. The summed E-state index contributed by atoms with van der Waals surface area (Å²) in [4.78, 5) is 0. The first kappa shape index (κ1) is 19.4. The summed E-state index contributed by atoms with van der Waals surface area (Å²) in [6.07, 6.45) is 4.75. The van der Waals surface area contributed by atoms with E-state index in [1.807, 2.05) is 0 Å². The molecule has 2 N–H and O–H groups in total. The van der Waals surface area contributed by atoms with Crippen LogP contribution in [0.25, 0.3) is 0 Å². The quantitative estimate of drug-likeness (QED) is 0.599. The Morgan fingerprint density at radius 2 is 1.04 bits per heavy atom. The van der Waals surface area contributed by atoms with Crippen LogP contribution in [0.1, 0.15) is 76.6 Å². The minimum atomic E-state index is 0.215. The molecule has 0 fully saturated rings. The molecule has 2 aromatic carbocycles. The molecule has 0 saturated heterocycles. The Hall–Kier alpha value is -1.96. The molecular formula is C26H36N2. The average Bonchev–Trinajstić information content (AvgIpc) is 2.65. The number of nitrogens with one attached hydrogen (secondary N) is 2. The van der Waals surface area contributed by atoms with Crippen LogP contribution < -0.4 is 10.6 Å². The third kappa shape index (κ3) is 3.79. The van der Waals surface area contributed by atoms with E-state index in [-0.39, 0.29) is 10.8 Å². The highest BCUT2D eigenvalue weighted by atomic mass is 15.0. The highest BCUT2D eigenvalue weighted by Gasteiger charge is 2.30. The molecule has 0 spiro atoms. The van der Waals surface area contributed by atoms with Crippen molar-refractivity contribution in [2.75, 3.05) is 10.6 Å². The van der Waals surface area contributed by atoms with E-state index < -0.39 is 0 Å². The molecule has 4 rings (SSSR count). The zero-order valence-corrected chi connectivity index (χ0v) is 18.4. The van der Waals surface area contributed by atoms with Crippen LogP contribution in [0.2, 0.25) is 0 Å². The summed E-state index contributed by atoms with van der Waals surface area (Å²) in [6.45, 7) is 13.8. The number of benzene rings is 2. The summed E-state index contributed by atoms with van der Waals surface area (Å²) in [7, 11) is 0. The number of hydrogen-bond donors (Lipinski definition) is 2. The van der Waals surface area contributed by atoms with E-state index in [9.17, 15) is 0 Å². The highest BCUT2D eigenvalue weighted by molar-refractivity contribution is 5.59. The van der Waals surface area contributed by atoms with Gasteiger partial charge in [-0.3, -0.25) is 0 Å². The number of aryl methyl sites for hydroxylation is 2. The summed E-state index contributed by atoms with van der Waals surface area (Å²) in [6, 6.07) is 15.0. The van der Waals surface area contributed by atoms with Crippen molar-refractivity contribution < 1.29 is 0 Å². The molecule has 150 valence electrons. The second kappa shape index (κ2) is 6.83. The van der Waals surface area contributed by atoms with E-state index in [4.69, 9.17) is 0 Å². The molecule has 2 heteroatoms. The van der Waals surface area contributed by atoms with Gasteiger partial charge in [0.05, 0.1) is 0 Å². The van der Waals surface area contributed by atoms with Gasteiger partial charge in [0.1, 0.15) is 0 Å². The molecule has 0 radical (unpaired) electrons. The van der Waals surface area contributed by atoms with Crippen LogP contribution in [0.4, 0.5) is 11.4 Å². The van der Waals surface area contributed by atoms with Crippen molar-refractivity contribution in [1.82, 2.24) is 0 Å².